The molecule has 1 amide bonds. The van der Waals surface area contributed by atoms with E-state index in [4.69, 9.17) is 0 Å². The van der Waals surface area contributed by atoms with Gasteiger partial charge in [-0.2, -0.15) is 0 Å². The summed E-state index contributed by atoms with van der Waals surface area (Å²) in [6, 6.07) is 1.07. The number of carbonyl (C=O) groups is 1. The summed E-state index contributed by atoms with van der Waals surface area (Å²) in [5.74, 6) is 0.286. The zero-order valence-corrected chi connectivity index (χ0v) is 11.5. The fourth-order valence-electron chi connectivity index (χ4n) is 1.95. The van der Waals surface area contributed by atoms with E-state index >= 15 is 0 Å². The summed E-state index contributed by atoms with van der Waals surface area (Å²) < 4.78 is 0. The highest BCUT2D eigenvalue weighted by molar-refractivity contribution is 5.79. The van der Waals surface area contributed by atoms with Crippen LogP contribution < -0.4 is 5.32 Å². The molecule has 3 heteroatoms. The van der Waals surface area contributed by atoms with Crippen LogP contribution in [0.3, 0.4) is 0 Å². The van der Waals surface area contributed by atoms with Crippen molar-refractivity contribution in [3.8, 4) is 0 Å². The number of carbonyl (C=O) groups excluding carboxylic acids is 1. The normalized spacial score (nSPS) is 24.3. The van der Waals surface area contributed by atoms with E-state index in [-0.39, 0.29) is 11.3 Å². The molecule has 1 heterocycles. The van der Waals surface area contributed by atoms with Crippen molar-refractivity contribution in [3.05, 3.63) is 0 Å². The minimum atomic E-state index is 0.244. The Balaban J connectivity index is 2.51. The third kappa shape index (κ3) is 3.21. The van der Waals surface area contributed by atoms with Gasteiger partial charge in [0.2, 0.25) is 5.91 Å². The van der Waals surface area contributed by atoms with Crippen LogP contribution in [0.5, 0.6) is 0 Å². The zero-order valence-electron chi connectivity index (χ0n) is 11.5. The van der Waals surface area contributed by atoms with Crippen LogP contribution in [0, 0.1) is 5.41 Å². The second-order valence-corrected chi connectivity index (χ2v) is 6.30. The van der Waals surface area contributed by atoms with Crippen LogP contribution in [0.15, 0.2) is 0 Å². The van der Waals surface area contributed by atoms with Gasteiger partial charge >= 0.3 is 0 Å². The first-order valence-corrected chi connectivity index (χ1v) is 6.27. The number of nitrogens with one attached hydrogen (secondary N) is 1. The van der Waals surface area contributed by atoms with Gasteiger partial charge in [-0.15, -0.1) is 0 Å². The van der Waals surface area contributed by atoms with Crippen molar-refractivity contribution in [3.63, 3.8) is 0 Å². The maximum absolute atomic E-state index is 11.7. The van der Waals surface area contributed by atoms with Crippen LogP contribution in [-0.2, 0) is 4.79 Å². The summed E-state index contributed by atoms with van der Waals surface area (Å²) in [5, 5.41) is 3.57. The maximum atomic E-state index is 11.7. The molecule has 0 bridgehead atoms. The van der Waals surface area contributed by atoms with Crippen LogP contribution >= 0.6 is 0 Å². The first kappa shape index (κ1) is 13.5. The number of hydrogen-bond donors (Lipinski definition) is 1. The van der Waals surface area contributed by atoms with E-state index in [1.807, 2.05) is 4.90 Å². The lowest BCUT2D eigenvalue weighted by molar-refractivity contribution is -0.129. The van der Waals surface area contributed by atoms with Gasteiger partial charge in [0.15, 0.2) is 0 Å². The van der Waals surface area contributed by atoms with E-state index in [1.54, 1.807) is 0 Å². The van der Waals surface area contributed by atoms with Gasteiger partial charge in [-0.1, -0.05) is 20.8 Å². The fourth-order valence-corrected chi connectivity index (χ4v) is 1.95. The van der Waals surface area contributed by atoms with Gasteiger partial charge in [-0.25, -0.2) is 0 Å². The Morgan fingerprint density at radius 3 is 2.25 bits per heavy atom. The number of hydrogen-bond acceptors (Lipinski definition) is 2. The highest BCUT2D eigenvalue weighted by Gasteiger charge is 2.33. The van der Waals surface area contributed by atoms with Crippen molar-refractivity contribution >= 4 is 5.91 Å². The van der Waals surface area contributed by atoms with E-state index < -0.39 is 0 Å². The molecule has 0 saturated carbocycles. The van der Waals surface area contributed by atoms with E-state index in [1.165, 1.54) is 0 Å². The molecule has 1 aliphatic rings. The summed E-state index contributed by atoms with van der Waals surface area (Å²) in [7, 11) is 0. The van der Waals surface area contributed by atoms with Crippen molar-refractivity contribution < 1.29 is 4.79 Å². The van der Waals surface area contributed by atoms with Gasteiger partial charge in [0.25, 0.3) is 0 Å². The van der Waals surface area contributed by atoms with Crippen LogP contribution in [0.2, 0.25) is 0 Å². The quantitative estimate of drug-likeness (QED) is 0.798. The number of likely N-dealkylation sites (tertiary alicyclic amines) is 1. The zero-order chi connectivity index (χ0) is 12.5. The molecule has 0 spiro atoms. The first-order chi connectivity index (χ1) is 7.21. The van der Waals surface area contributed by atoms with Gasteiger partial charge in [-0.3, -0.25) is 4.79 Å². The monoisotopic (exact) mass is 226 g/mol. The lowest BCUT2D eigenvalue weighted by Crippen LogP contribution is -2.45. The summed E-state index contributed by atoms with van der Waals surface area (Å²) >= 11 is 0. The van der Waals surface area contributed by atoms with Crippen LogP contribution in [0.1, 0.15) is 48.0 Å². The SMILES string of the molecule is CC(C)N1CC(NC(C)C(C)(C)C)CC1=O. The molecule has 16 heavy (non-hydrogen) atoms. The highest BCUT2D eigenvalue weighted by atomic mass is 16.2. The minimum absolute atomic E-state index is 0.244. The standard InChI is InChI=1S/C13H26N2O/c1-9(2)15-8-11(7-12(15)16)14-10(3)13(4,5)6/h9-11,14H,7-8H2,1-6H3. The molecule has 2 unspecified atom stereocenters. The number of nitrogens with zero attached hydrogens (tertiary/aromatic N) is 1. The van der Waals surface area contributed by atoms with Gasteiger partial charge in [0.1, 0.15) is 0 Å². The number of rotatable bonds is 3. The minimum Gasteiger partial charge on any atom is -0.339 e. The molecule has 94 valence electrons. The Labute approximate surface area is 99.6 Å². The van der Waals surface area contributed by atoms with Gasteiger partial charge < -0.3 is 10.2 Å². The first-order valence-electron chi connectivity index (χ1n) is 6.27. The van der Waals surface area contributed by atoms with E-state index in [2.05, 4.69) is 46.9 Å². The van der Waals surface area contributed by atoms with Crippen molar-refractivity contribution in [2.24, 2.45) is 5.41 Å². The van der Waals surface area contributed by atoms with Crippen LogP contribution in [0.4, 0.5) is 0 Å². The Morgan fingerprint density at radius 1 is 1.31 bits per heavy atom. The Bertz CT molecular complexity index is 255. The maximum Gasteiger partial charge on any atom is 0.224 e. The Hall–Kier alpha value is -0.570. The summed E-state index contributed by atoms with van der Waals surface area (Å²) in [6.45, 7) is 13.9. The molecule has 1 fully saturated rings. The average Bonchev–Trinajstić information content (AvgIpc) is 2.45. The molecule has 0 aliphatic carbocycles. The van der Waals surface area contributed by atoms with E-state index in [0.717, 1.165) is 6.54 Å². The molecule has 1 N–H and O–H groups in total. The van der Waals surface area contributed by atoms with E-state index in [9.17, 15) is 4.79 Å². The van der Waals surface area contributed by atoms with Crippen molar-refractivity contribution in [1.29, 1.82) is 0 Å². The Morgan fingerprint density at radius 2 is 1.88 bits per heavy atom. The molecular formula is C13H26N2O. The summed E-state index contributed by atoms with van der Waals surface area (Å²) in [6.07, 6.45) is 0.651. The van der Waals surface area contributed by atoms with Crippen LogP contribution in [-0.4, -0.2) is 35.5 Å². The molecule has 0 radical (unpaired) electrons. The Kier molecular flexibility index (Phi) is 4.00. The lowest BCUT2D eigenvalue weighted by atomic mass is 9.87. The van der Waals surface area contributed by atoms with E-state index in [0.29, 0.717) is 24.5 Å². The van der Waals surface area contributed by atoms with Gasteiger partial charge in [-0.05, 0) is 26.2 Å². The smallest absolute Gasteiger partial charge is 0.224 e. The van der Waals surface area contributed by atoms with Crippen molar-refractivity contribution in [2.75, 3.05) is 6.54 Å². The molecule has 2 atom stereocenters. The molecule has 0 aromatic heterocycles. The topological polar surface area (TPSA) is 32.3 Å². The molecule has 0 aromatic carbocycles. The second-order valence-electron chi connectivity index (χ2n) is 6.30. The summed E-state index contributed by atoms with van der Waals surface area (Å²) in [5.41, 5.74) is 0.244. The highest BCUT2D eigenvalue weighted by Crippen LogP contribution is 2.21. The molecular weight excluding hydrogens is 200 g/mol. The predicted octanol–water partition coefficient (Wildman–Crippen LogP) is 2.02. The number of amides is 1. The fraction of sp³-hybridized carbons (Fsp3) is 0.923. The molecule has 1 saturated heterocycles. The average molecular weight is 226 g/mol. The predicted molar refractivity (Wildman–Crippen MR) is 67.3 cm³/mol. The third-order valence-corrected chi connectivity index (χ3v) is 3.57. The molecule has 3 nitrogen and oxygen atoms in total. The van der Waals surface area contributed by atoms with Crippen molar-refractivity contribution in [2.45, 2.75) is 66.1 Å². The summed E-state index contributed by atoms with van der Waals surface area (Å²) in [4.78, 5) is 13.7. The molecule has 1 rings (SSSR count). The molecule has 1 aliphatic heterocycles. The van der Waals surface area contributed by atoms with Gasteiger partial charge in [0, 0.05) is 31.1 Å². The van der Waals surface area contributed by atoms with Gasteiger partial charge in [0.05, 0.1) is 0 Å². The third-order valence-electron chi connectivity index (χ3n) is 3.57. The van der Waals surface area contributed by atoms with Crippen molar-refractivity contribution in [1.82, 2.24) is 10.2 Å². The largest absolute Gasteiger partial charge is 0.339 e. The molecule has 0 aromatic rings. The second kappa shape index (κ2) is 4.74. The lowest BCUT2D eigenvalue weighted by Gasteiger charge is -2.31. The van der Waals surface area contributed by atoms with Crippen LogP contribution in [0.25, 0.3) is 0 Å².